The Morgan fingerprint density at radius 1 is 1.10 bits per heavy atom. The van der Waals surface area contributed by atoms with Crippen LogP contribution in [0.25, 0.3) is 6.08 Å². The van der Waals surface area contributed by atoms with Gasteiger partial charge in [-0.1, -0.05) is 25.5 Å². The fourth-order valence-corrected chi connectivity index (χ4v) is 2.58. The molecule has 2 aromatic carbocycles. The summed E-state index contributed by atoms with van der Waals surface area (Å²) in [6, 6.07) is 12.4. The lowest BCUT2D eigenvalue weighted by molar-refractivity contribution is -0.111. The van der Waals surface area contributed by atoms with Crippen LogP contribution < -0.4 is 14.8 Å². The zero-order chi connectivity index (χ0) is 21.2. The fraction of sp³-hybridized carbons (Fsp3) is 0.304. The maximum atomic E-state index is 12.2. The Bertz CT molecular complexity index is 875. The van der Waals surface area contributed by atoms with Crippen molar-refractivity contribution < 1.29 is 19.1 Å². The van der Waals surface area contributed by atoms with Crippen LogP contribution in [0.4, 0.5) is 5.69 Å². The van der Waals surface area contributed by atoms with Crippen molar-refractivity contribution in [3.63, 3.8) is 0 Å². The Hall–Kier alpha value is -3.28. The van der Waals surface area contributed by atoms with Crippen LogP contribution in [0, 0.1) is 0 Å². The van der Waals surface area contributed by atoms with Crippen molar-refractivity contribution >= 4 is 23.6 Å². The molecular weight excluding hydrogens is 368 g/mol. The first-order chi connectivity index (χ1) is 13.9. The topological polar surface area (TPSA) is 67.9 Å². The fourth-order valence-electron chi connectivity index (χ4n) is 2.58. The molecule has 0 aliphatic heterocycles. The molecule has 29 heavy (non-hydrogen) atoms. The zero-order valence-electron chi connectivity index (χ0n) is 17.4. The average Bonchev–Trinajstić information content (AvgIpc) is 2.72. The summed E-state index contributed by atoms with van der Waals surface area (Å²) in [5.41, 5.74) is 1.89. The molecule has 0 heterocycles. The number of nitrogens with zero attached hydrogens (tertiary/aromatic N) is 1. The van der Waals surface area contributed by atoms with Crippen molar-refractivity contribution in [3.8, 4) is 11.5 Å². The van der Waals surface area contributed by atoms with E-state index in [1.54, 1.807) is 51.5 Å². The van der Waals surface area contributed by atoms with Crippen molar-refractivity contribution in [2.75, 3.05) is 33.1 Å². The van der Waals surface area contributed by atoms with E-state index >= 15 is 0 Å². The number of benzene rings is 2. The molecular formula is C23H28N2O4. The maximum absolute atomic E-state index is 12.2. The highest BCUT2D eigenvalue weighted by Crippen LogP contribution is 2.28. The van der Waals surface area contributed by atoms with Crippen LogP contribution in [0.5, 0.6) is 11.5 Å². The molecule has 0 atom stereocenters. The smallest absolute Gasteiger partial charge is 0.253 e. The monoisotopic (exact) mass is 396 g/mol. The first kappa shape index (κ1) is 22.0. The van der Waals surface area contributed by atoms with Crippen molar-refractivity contribution in [1.82, 2.24) is 4.90 Å². The number of hydrogen-bond acceptors (Lipinski definition) is 4. The predicted octanol–water partition coefficient (Wildman–Crippen LogP) is 4.23. The van der Waals surface area contributed by atoms with Gasteiger partial charge >= 0.3 is 0 Å². The quantitative estimate of drug-likeness (QED) is 0.509. The maximum Gasteiger partial charge on any atom is 0.253 e. The van der Waals surface area contributed by atoms with E-state index in [2.05, 4.69) is 12.2 Å². The summed E-state index contributed by atoms with van der Waals surface area (Å²) in [4.78, 5) is 25.8. The number of amides is 2. The van der Waals surface area contributed by atoms with Gasteiger partial charge in [-0.05, 0) is 48.4 Å². The van der Waals surface area contributed by atoms with Gasteiger partial charge in [-0.25, -0.2) is 0 Å². The third kappa shape index (κ3) is 6.68. The van der Waals surface area contributed by atoms with Gasteiger partial charge in [0.1, 0.15) is 0 Å². The molecule has 1 N–H and O–H groups in total. The summed E-state index contributed by atoms with van der Waals surface area (Å²) in [6.07, 6.45) is 5.17. The molecule has 0 bridgehead atoms. The Morgan fingerprint density at radius 3 is 2.59 bits per heavy atom. The second-order valence-corrected chi connectivity index (χ2v) is 6.72. The highest BCUT2D eigenvalue weighted by Gasteiger charge is 2.09. The molecule has 2 rings (SSSR count). The second-order valence-electron chi connectivity index (χ2n) is 6.72. The third-order valence-electron chi connectivity index (χ3n) is 4.15. The van der Waals surface area contributed by atoms with Gasteiger partial charge in [-0.2, -0.15) is 0 Å². The van der Waals surface area contributed by atoms with Crippen molar-refractivity contribution in [2.24, 2.45) is 0 Å². The molecule has 6 heteroatoms. The van der Waals surface area contributed by atoms with Gasteiger partial charge in [0.15, 0.2) is 11.5 Å². The SMILES string of the molecule is CCCCOc1ccc(/C=C/C(=O)Nc2cccc(C(=O)N(C)C)c2)cc1OC. The lowest BCUT2D eigenvalue weighted by Crippen LogP contribution is -2.21. The van der Waals surface area contributed by atoms with Gasteiger partial charge in [-0.15, -0.1) is 0 Å². The van der Waals surface area contributed by atoms with Gasteiger partial charge in [0.05, 0.1) is 13.7 Å². The molecule has 0 radical (unpaired) electrons. The summed E-state index contributed by atoms with van der Waals surface area (Å²) in [5, 5.41) is 2.77. The molecule has 0 spiro atoms. The number of methoxy groups -OCH3 is 1. The number of hydrogen-bond donors (Lipinski definition) is 1. The minimum Gasteiger partial charge on any atom is -0.493 e. The predicted molar refractivity (Wildman–Crippen MR) is 116 cm³/mol. The highest BCUT2D eigenvalue weighted by molar-refractivity contribution is 6.03. The van der Waals surface area contributed by atoms with Crippen LogP contribution in [0.15, 0.2) is 48.5 Å². The molecule has 0 aliphatic rings. The minimum absolute atomic E-state index is 0.120. The number of anilines is 1. The van der Waals surface area contributed by atoms with Crippen LogP contribution in [-0.4, -0.2) is 44.5 Å². The zero-order valence-corrected chi connectivity index (χ0v) is 17.4. The van der Waals surface area contributed by atoms with E-state index < -0.39 is 0 Å². The summed E-state index contributed by atoms with van der Waals surface area (Å²) in [6.45, 7) is 2.75. The molecule has 0 saturated carbocycles. The van der Waals surface area contributed by atoms with Gasteiger partial charge in [0.2, 0.25) is 5.91 Å². The van der Waals surface area contributed by atoms with Crippen LogP contribution in [-0.2, 0) is 4.79 Å². The van der Waals surface area contributed by atoms with Crippen LogP contribution in [0.2, 0.25) is 0 Å². The molecule has 0 fully saturated rings. The molecule has 0 aromatic heterocycles. The molecule has 154 valence electrons. The van der Waals surface area contributed by atoms with E-state index in [1.807, 2.05) is 18.2 Å². The minimum atomic E-state index is -0.290. The molecule has 0 saturated heterocycles. The lowest BCUT2D eigenvalue weighted by atomic mass is 10.1. The molecule has 0 unspecified atom stereocenters. The van der Waals surface area contributed by atoms with E-state index in [9.17, 15) is 9.59 Å². The molecule has 0 aliphatic carbocycles. The second kappa shape index (κ2) is 10.9. The summed E-state index contributed by atoms with van der Waals surface area (Å²) < 4.78 is 11.1. The van der Waals surface area contributed by atoms with Crippen LogP contribution in [0.3, 0.4) is 0 Å². The van der Waals surface area contributed by atoms with E-state index in [0.717, 1.165) is 18.4 Å². The first-order valence-electron chi connectivity index (χ1n) is 9.56. The number of unbranched alkanes of at least 4 members (excludes halogenated alkanes) is 1. The van der Waals surface area contributed by atoms with E-state index in [4.69, 9.17) is 9.47 Å². The van der Waals surface area contributed by atoms with Gasteiger partial charge in [0.25, 0.3) is 5.91 Å². The average molecular weight is 396 g/mol. The summed E-state index contributed by atoms with van der Waals surface area (Å²) in [5.74, 6) is 0.898. The molecule has 2 aromatic rings. The Kier molecular flexibility index (Phi) is 8.27. The van der Waals surface area contributed by atoms with E-state index in [-0.39, 0.29) is 11.8 Å². The normalized spacial score (nSPS) is 10.6. The number of nitrogens with one attached hydrogen (secondary N) is 1. The summed E-state index contributed by atoms with van der Waals surface area (Å²) in [7, 11) is 4.96. The van der Waals surface area contributed by atoms with Crippen molar-refractivity contribution in [2.45, 2.75) is 19.8 Å². The van der Waals surface area contributed by atoms with Gasteiger partial charge in [0, 0.05) is 31.4 Å². The number of carbonyl (C=O) groups excluding carboxylic acids is 2. The Labute approximate surface area is 172 Å². The largest absolute Gasteiger partial charge is 0.493 e. The molecule has 6 nitrogen and oxygen atoms in total. The Balaban J connectivity index is 2.03. The number of rotatable bonds is 9. The van der Waals surface area contributed by atoms with Crippen LogP contribution in [0.1, 0.15) is 35.7 Å². The number of carbonyl (C=O) groups is 2. The Morgan fingerprint density at radius 2 is 1.90 bits per heavy atom. The van der Waals surface area contributed by atoms with Crippen molar-refractivity contribution in [1.29, 1.82) is 0 Å². The lowest BCUT2D eigenvalue weighted by Gasteiger charge is -2.11. The highest BCUT2D eigenvalue weighted by atomic mass is 16.5. The molecule has 2 amide bonds. The standard InChI is InChI=1S/C23H28N2O4/c1-5-6-14-29-20-12-10-17(15-21(20)28-4)11-13-22(26)24-19-9-7-8-18(16-19)23(27)25(2)3/h7-13,15-16H,5-6,14H2,1-4H3,(H,24,26)/b13-11+. The van der Waals surface area contributed by atoms with Gasteiger partial charge in [-0.3, -0.25) is 9.59 Å². The third-order valence-corrected chi connectivity index (χ3v) is 4.15. The number of ether oxygens (including phenoxy) is 2. The van der Waals surface area contributed by atoms with Crippen LogP contribution >= 0.6 is 0 Å². The summed E-state index contributed by atoms with van der Waals surface area (Å²) >= 11 is 0. The van der Waals surface area contributed by atoms with E-state index in [1.165, 1.54) is 11.0 Å². The van der Waals surface area contributed by atoms with E-state index in [0.29, 0.717) is 29.4 Å². The van der Waals surface area contributed by atoms with Gasteiger partial charge < -0.3 is 19.7 Å². The van der Waals surface area contributed by atoms with Crippen molar-refractivity contribution in [3.05, 3.63) is 59.7 Å². The first-order valence-corrected chi connectivity index (χ1v) is 9.56.